The van der Waals surface area contributed by atoms with E-state index in [4.69, 9.17) is 16.6 Å². The van der Waals surface area contributed by atoms with Gasteiger partial charge in [-0.2, -0.15) is 13.2 Å². The van der Waals surface area contributed by atoms with Gasteiger partial charge in [0.25, 0.3) is 0 Å². The number of benzene rings is 4. The van der Waals surface area contributed by atoms with Gasteiger partial charge >= 0.3 is 6.18 Å². The quantitative estimate of drug-likeness (QED) is 0.282. The summed E-state index contributed by atoms with van der Waals surface area (Å²) in [4.78, 5) is 4.93. The molecule has 1 heterocycles. The first kappa shape index (κ1) is 20.7. The van der Waals surface area contributed by atoms with E-state index >= 15 is 0 Å². The summed E-state index contributed by atoms with van der Waals surface area (Å²) < 4.78 is 54.1. The lowest BCUT2D eigenvalue weighted by molar-refractivity contribution is -0.137. The van der Waals surface area contributed by atoms with Gasteiger partial charge in [0.1, 0.15) is 0 Å². The van der Waals surface area contributed by atoms with Crippen molar-refractivity contribution >= 4 is 44.4 Å². The molecule has 5 aromatic rings. The van der Waals surface area contributed by atoms with Crippen molar-refractivity contribution in [3.63, 3.8) is 0 Å². The average molecular weight is 471 g/mol. The van der Waals surface area contributed by atoms with Crippen LogP contribution < -0.4 is 0 Å². The van der Waals surface area contributed by atoms with Crippen molar-refractivity contribution in [1.82, 2.24) is 8.96 Å². The molecule has 0 N–H and O–H groups in total. The Bertz CT molecular complexity index is 1490. The van der Waals surface area contributed by atoms with Crippen LogP contribution in [0.2, 0.25) is 5.02 Å². The smallest absolute Gasteiger partial charge is 0.236 e. The van der Waals surface area contributed by atoms with Crippen molar-refractivity contribution in [2.45, 2.75) is 11.1 Å². The fraction of sp³-hybridized carbons (Fsp3) is 0.0417. The van der Waals surface area contributed by atoms with Crippen LogP contribution in [0.25, 0.3) is 33.2 Å². The van der Waals surface area contributed by atoms with Gasteiger partial charge in [-0.3, -0.25) is 0 Å². The fourth-order valence-electron chi connectivity index (χ4n) is 3.66. The molecule has 3 nitrogen and oxygen atoms in total. The minimum Gasteiger partial charge on any atom is -0.236 e. The molecule has 32 heavy (non-hydrogen) atoms. The Morgan fingerprint density at radius 2 is 1.59 bits per heavy atom. The molecule has 160 valence electrons. The van der Waals surface area contributed by atoms with Gasteiger partial charge in [-0.1, -0.05) is 54.1 Å². The molecule has 0 aliphatic heterocycles. The minimum atomic E-state index is -4.47. The Morgan fingerprint density at radius 1 is 0.875 bits per heavy atom. The zero-order valence-corrected chi connectivity index (χ0v) is 17.9. The van der Waals surface area contributed by atoms with Gasteiger partial charge in [0, 0.05) is 10.6 Å². The monoisotopic (exact) mass is 470 g/mol. The van der Waals surface area contributed by atoms with Gasteiger partial charge in [0.15, 0.2) is 16.8 Å². The second-order valence-corrected chi connectivity index (χ2v) is 8.93. The van der Waals surface area contributed by atoms with E-state index in [2.05, 4.69) is 0 Å². The summed E-state index contributed by atoms with van der Waals surface area (Å²) in [6.07, 6.45) is -4.47. The summed E-state index contributed by atoms with van der Waals surface area (Å²) in [5.74, 6) is 0.442. The molecule has 8 heteroatoms. The molecule has 0 radical (unpaired) electrons. The maximum Gasteiger partial charge on any atom is 0.416 e. The average Bonchev–Trinajstić information content (AvgIpc) is 3.16. The van der Waals surface area contributed by atoms with Crippen LogP contribution in [0, 0.1) is 0 Å². The third-order valence-corrected chi connectivity index (χ3v) is 6.77. The van der Waals surface area contributed by atoms with Crippen molar-refractivity contribution in [2.24, 2.45) is 0 Å². The van der Waals surface area contributed by atoms with Crippen molar-refractivity contribution in [3.05, 3.63) is 95.5 Å². The highest BCUT2D eigenvalue weighted by molar-refractivity contribution is 7.83. The van der Waals surface area contributed by atoms with Crippen LogP contribution in [0.5, 0.6) is 0 Å². The van der Waals surface area contributed by atoms with E-state index in [1.807, 2.05) is 42.5 Å². The first-order valence-electron chi connectivity index (χ1n) is 9.58. The third kappa shape index (κ3) is 3.57. The first-order valence-corrected chi connectivity index (χ1v) is 11.1. The number of alkyl halides is 3. The molecule has 5 rings (SSSR count). The van der Waals surface area contributed by atoms with E-state index < -0.39 is 22.7 Å². The van der Waals surface area contributed by atoms with Gasteiger partial charge in [0.05, 0.1) is 21.5 Å². The number of hydrogen-bond acceptors (Lipinski definition) is 2. The van der Waals surface area contributed by atoms with Crippen LogP contribution in [0.1, 0.15) is 5.56 Å². The van der Waals surface area contributed by atoms with E-state index in [0.29, 0.717) is 21.9 Å². The number of nitrogens with zero attached hydrogens (tertiary/aromatic N) is 2. The summed E-state index contributed by atoms with van der Waals surface area (Å²) in [6, 6.07) is 22.8. The lowest BCUT2D eigenvalue weighted by atomic mass is 10.0. The van der Waals surface area contributed by atoms with Gasteiger partial charge < -0.3 is 0 Å². The molecule has 0 spiro atoms. The Labute approximate surface area is 188 Å². The van der Waals surface area contributed by atoms with E-state index in [-0.39, 0.29) is 4.90 Å². The molecule has 0 aliphatic rings. The van der Waals surface area contributed by atoms with Crippen molar-refractivity contribution in [2.75, 3.05) is 0 Å². The highest BCUT2D eigenvalue weighted by Gasteiger charge is 2.30. The van der Waals surface area contributed by atoms with E-state index in [1.54, 1.807) is 18.2 Å². The molecule has 0 aliphatic carbocycles. The number of halogens is 4. The van der Waals surface area contributed by atoms with Gasteiger partial charge in [0.2, 0.25) is 0 Å². The number of rotatable bonds is 3. The molecule has 0 saturated carbocycles. The van der Waals surface area contributed by atoms with Crippen molar-refractivity contribution in [1.29, 1.82) is 0 Å². The zero-order chi connectivity index (χ0) is 22.5. The molecular weight excluding hydrogens is 457 g/mol. The highest BCUT2D eigenvalue weighted by Crippen LogP contribution is 2.34. The Morgan fingerprint density at radius 3 is 2.34 bits per heavy atom. The third-order valence-electron chi connectivity index (χ3n) is 5.15. The lowest BCUT2D eigenvalue weighted by Crippen LogP contribution is -2.09. The molecule has 0 bridgehead atoms. The number of hydrogen-bond donors (Lipinski definition) is 0. The Hall–Kier alpha value is -3.16. The minimum absolute atomic E-state index is 0.230. The molecule has 0 amide bonds. The largest absolute Gasteiger partial charge is 0.416 e. The molecule has 1 unspecified atom stereocenters. The highest BCUT2D eigenvalue weighted by atomic mass is 35.5. The topological polar surface area (TPSA) is 34.9 Å². The zero-order valence-electron chi connectivity index (χ0n) is 16.3. The van der Waals surface area contributed by atoms with Crippen LogP contribution in [0.15, 0.2) is 89.8 Å². The van der Waals surface area contributed by atoms with Crippen LogP contribution in [-0.4, -0.2) is 13.2 Å². The van der Waals surface area contributed by atoms with Crippen LogP contribution in [0.3, 0.4) is 0 Å². The number of imidazole rings is 1. The summed E-state index contributed by atoms with van der Waals surface area (Å²) in [6.45, 7) is 0. The summed E-state index contributed by atoms with van der Waals surface area (Å²) in [7, 11) is -1.84. The number of aromatic nitrogens is 2. The van der Waals surface area contributed by atoms with Crippen LogP contribution in [-0.2, 0) is 17.2 Å². The first-order chi connectivity index (χ1) is 15.3. The Kier molecular flexibility index (Phi) is 5.03. The molecule has 0 saturated heterocycles. The van der Waals surface area contributed by atoms with E-state index in [9.17, 15) is 17.4 Å². The maximum atomic E-state index is 13.6. The van der Waals surface area contributed by atoms with Gasteiger partial charge in [-0.05, 0) is 53.2 Å². The Balaban J connectivity index is 1.74. The van der Waals surface area contributed by atoms with E-state index in [0.717, 1.165) is 28.5 Å². The lowest BCUT2D eigenvalue weighted by Gasteiger charge is -2.12. The van der Waals surface area contributed by atoms with Crippen molar-refractivity contribution < 1.29 is 17.4 Å². The maximum absolute atomic E-state index is 13.6. The fourth-order valence-corrected chi connectivity index (χ4v) is 5.03. The standard InChI is InChI=1S/C24H14ClF3N2OS/c25-17-10-13-22-21(14-17)29-23(20-7-3-5-15-4-1-2-6-19(15)20)30(22)32(31)18-11-8-16(9-12-18)24(26,27)28/h1-14H. The summed E-state index contributed by atoms with van der Waals surface area (Å²) in [5, 5.41) is 2.39. The molecule has 4 aromatic carbocycles. The van der Waals surface area contributed by atoms with Gasteiger partial charge in [-0.25, -0.2) is 13.2 Å². The molecule has 1 aromatic heterocycles. The molecular formula is C24H14ClF3N2OS. The van der Waals surface area contributed by atoms with E-state index in [1.165, 1.54) is 16.1 Å². The second-order valence-electron chi connectivity index (χ2n) is 7.16. The molecule has 1 atom stereocenters. The predicted molar refractivity (Wildman–Crippen MR) is 121 cm³/mol. The second kappa shape index (κ2) is 7.76. The summed E-state index contributed by atoms with van der Waals surface area (Å²) >= 11 is 6.15. The van der Waals surface area contributed by atoms with Crippen molar-refractivity contribution in [3.8, 4) is 11.4 Å². The SMILES string of the molecule is O=S(c1ccc(C(F)(F)F)cc1)n1c(-c2cccc3ccccc23)nc2cc(Cl)ccc21. The number of fused-ring (bicyclic) bond motifs is 2. The summed E-state index contributed by atoms with van der Waals surface area (Å²) in [5.41, 5.74) is 1.07. The van der Waals surface area contributed by atoms with Crippen LogP contribution >= 0.6 is 11.6 Å². The molecule has 0 fully saturated rings. The normalized spacial score (nSPS) is 13.0. The predicted octanol–water partition coefficient (Wildman–Crippen LogP) is 7.10. The van der Waals surface area contributed by atoms with Gasteiger partial charge in [-0.15, -0.1) is 0 Å². The van der Waals surface area contributed by atoms with Crippen LogP contribution in [0.4, 0.5) is 13.2 Å².